The number of nitrogens with one attached hydrogen (secondary N) is 1. The van der Waals surface area contributed by atoms with Gasteiger partial charge in [0.15, 0.2) is 0 Å². The second-order valence-corrected chi connectivity index (χ2v) is 5.42. The third-order valence-electron chi connectivity index (χ3n) is 2.46. The van der Waals surface area contributed by atoms with E-state index in [9.17, 15) is 14.4 Å². The van der Waals surface area contributed by atoms with E-state index in [0.29, 0.717) is 0 Å². The van der Waals surface area contributed by atoms with Crippen LogP contribution in [0.1, 0.15) is 26.7 Å². The van der Waals surface area contributed by atoms with Gasteiger partial charge in [-0.25, -0.2) is 0 Å². The molecule has 0 heterocycles. The summed E-state index contributed by atoms with van der Waals surface area (Å²) in [4.78, 5) is 33.1. The Balaban J connectivity index is 4.30. The fraction of sp³-hybridized carbons (Fsp3) is 0.727. The minimum Gasteiger partial charge on any atom is -0.480 e. The number of aliphatic carboxylic acids is 2. The van der Waals surface area contributed by atoms with Gasteiger partial charge in [-0.15, -0.1) is 11.8 Å². The molecular formula is C11H20N2O5S. The lowest BCUT2D eigenvalue weighted by Gasteiger charge is -2.16. The Morgan fingerprint density at radius 3 is 2.26 bits per heavy atom. The molecule has 0 aliphatic carbocycles. The molecule has 0 radical (unpaired) electrons. The molecule has 110 valence electrons. The molecule has 3 atom stereocenters. The topological polar surface area (TPSA) is 130 Å². The molecule has 1 amide bonds. The van der Waals surface area contributed by atoms with Crippen LogP contribution in [0, 0.1) is 0 Å². The summed E-state index contributed by atoms with van der Waals surface area (Å²) < 4.78 is 0. The summed E-state index contributed by atoms with van der Waals surface area (Å²) >= 11 is 0.863. The molecule has 3 unspecified atom stereocenters. The van der Waals surface area contributed by atoms with Gasteiger partial charge in [0.1, 0.15) is 11.3 Å². The number of thioether (sulfide) groups is 1. The van der Waals surface area contributed by atoms with Crippen molar-refractivity contribution in [2.75, 3.05) is 5.75 Å². The lowest BCUT2D eigenvalue weighted by Crippen LogP contribution is -2.37. The maximum Gasteiger partial charge on any atom is 0.321 e. The fourth-order valence-corrected chi connectivity index (χ4v) is 2.11. The van der Waals surface area contributed by atoms with Gasteiger partial charge in [-0.05, 0) is 13.3 Å². The SMILES string of the molecule is CCC(C)NC(=O)CC(SCC(N)C(=O)O)C(=O)O. The molecule has 5 N–H and O–H groups in total. The van der Waals surface area contributed by atoms with Crippen molar-refractivity contribution < 1.29 is 24.6 Å². The number of carbonyl (C=O) groups is 3. The second kappa shape index (κ2) is 8.76. The lowest BCUT2D eigenvalue weighted by atomic mass is 10.2. The number of hydrogen-bond acceptors (Lipinski definition) is 5. The molecule has 0 aromatic heterocycles. The summed E-state index contributed by atoms with van der Waals surface area (Å²) in [5.74, 6) is -2.76. The molecule has 0 aliphatic rings. The maximum absolute atomic E-state index is 11.6. The predicted molar refractivity (Wildman–Crippen MR) is 72.0 cm³/mol. The van der Waals surface area contributed by atoms with Crippen molar-refractivity contribution in [2.24, 2.45) is 5.73 Å². The zero-order valence-corrected chi connectivity index (χ0v) is 11.8. The molecule has 0 bridgehead atoms. The van der Waals surface area contributed by atoms with Crippen molar-refractivity contribution in [1.82, 2.24) is 5.32 Å². The van der Waals surface area contributed by atoms with Crippen molar-refractivity contribution in [3.05, 3.63) is 0 Å². The smallest absolute Gasteiger partial charge is 0.321 e. The average molecular weight is 292 g/mol. The zero-order valence-electron chi connectivity index (χ0n) is 11.0. The maximum atomic E-state index is 11.6. The molecule has 0 rings (SSSR count). The highest BCUT2D eigenvalue weighted by Gasteiger charge is 2.24. The van der Waals surface area contributed by atoms with Crippen molar-refractivity contribution >= 4 is 29.6 Å². The van der Waals surface area contributed by atoms with Gasteiger partial charge in [-0.3, -0.25) is 14.4 Å². The van der Waals surface area contributed by atoms with E-state index in [2.05, 4.69) is 5.32 Å². The normalized spacial score (nSPS) is 15.3. The Morgan fingerprint density at radius 2 is 1.84 bits per heavy atom. The van der Waals surface area contributed by atoms with Gasteiger partial charge in [0.25, 0.3) is 0 Å². The second-order valence-electron chi connectivity index (χ2n) is 4.19. The first kappa shape index (κ1) is 17.7. The largest absolute Gasteiger partial charge is 0.480 e. The number of amides is 1. The third kappa shape index (κ3) is 7.68. The van der Waals surface area contributed by atoms with Crippen LogP contribution in [-0.2, 0) is 14.4 Å². The summed E-state index contributed by atoms with van der Waals surface area (Å²) in [6.45, 7) is 3.72. The molecule has 7 nitrogen and oxygen atoms in total. The van der Waals surface area contributed by atoms with Gasteiger partial charge >= 0.3 is 11.9 Å². The van der Waals surface area contributed by atoms with Gasteiger partial charge < -0.3 is 21.3 Å². The van der Waals surface area contributed by atoms with Crippen molar-refractivity contribution in [1.29, 1.82) is 0 Å². The van der Waals surface area contributed by atoms with Crippen LogP contribution in [0.25, 0.3) is 0 Å². The monoisotopic (exact) mass is 292 g/mol. The van der Waals surface area contributed by atoms with Gasteiger partial charge in [0.05, 0.1) is 0 Å². The number of rotatable bonds is 9. The summed E-state index contributed by atoms with van der Waals surface area (Å²) in [5.41, 5.74) is 5.28. The highest BCUT2D eigenvalue weighted by Crippen LogP contribution is 2.16. The number of hydrogen-bond donors (Lipinski definition) is 4. The van der Waals surface area contributed by atoms with Gasteiger partial charge in [0.2, 0.25) is 5.91 Å². The highest BCUT2D eigenvalue weighted by molar-refractivity contribution is 8.00. The van der Waals surface area contributed by atoms with E-state index in [-0.39, 0.29) is 24.1 Å². The molecule has 0 aliphatic heterocycles. The zero-order chi connectivity index (χ0) is 15.0. The van der Waals surface area contributed by atoms with E-state index in [0.717, 1.165) is 18.2 Å². The molecule has 0 spiro atoms. The van der Waals surface area contributed by atoms with E-state index in [1.54, 1.807) is 0 Å². The van der Waals surface area contributed by atoms with Crippen molar-refractivity contribution in [3.63, 3.8) is 0 Å². The first-order chi connectivity index (χ1) is 8.77. The number of nitrogens with two attached hydrogens (primary N) is 1. The summed E-state index contributed by atoms with van der Waals surface area (Å²) in [5, 5.41) is 19.2. The van der Waals surface area contributed by atoms with E-state index >= 15 is 0 Å². The van der Waals surface area contributed by atoms with Gasteiger partial charge in [-0.2, -0.15) is 0 Å². The molecule has 8 heteroatoms. The van der Waals surface area contributed by atoms with Gasteiger partial charge in [-0.1, -0.05) is 6.92 Å². The highest BCUT2D eigenvalue weighted by atomic mass is 32.2. The van der Waals surface area contributed by atoms with E-state index in [1.165, 1.54) is 0 Å². The summed E-state index contributed by atoms with van der Waals surface area (Å²) in [7, 11) is 0. The molecule has 0 saturated carbocycles. The molecule has 0 aromatic rings. The Bertz CT molecular complexity index is 337. The van der Waals surface area contributed by atoms with Crippen LogP contribution in [-0.4, -0.2) is 51.1 Å². The first-order valence-corrected chi connectivity index (χ1v) is 6.94. The van der Waals surface area contributed by atoms with E-state index < -0.39 is 23.2 Å². The number of carboxylic acid groups (broad SMARTS) is 2. The Labute approximate surface area is 115 Å². The fourth-order valence-electron chi connectivity index (χ4n) is 1.11. The number of carboxylic acids is 2. The number of carbonyl (C=O) groups excluding carboxylic acids is 1. The molecular weight excluding hydrogens is 272 g/mol. The molecule has 0 saturated heterocycles. The minimum atomic E-state index is -1.19. The van der Waals surface area contributed by atoms with Gasteiger partial charge in [0, 0.05) is 18.2 Å². The summed E-state index contributed by atoms with van der Waals surface area (Å²) in [6.07, 6.45) is 0.553. The molecule has 0 aromatic carbocycles. The van der Waals surface area contributed by atoms with Crippen LogP contribution in [0.5, 0.6) is 0 Å². The minimum absolute atomic E-state index is 0.0202. The summed E-state index contributed by atoms with van der Waals surface area (Å²) in [6, 6.07) is -1.15. The van der Waals surface area contributed by atoms with Crippen LogP contribution in [0.2, 0.25) is 0 Å². The van der Waals surface area contributed by atoms with Crippen LogP contribution in [0.3, 0.4) is 0 Å². The lowest BCUT2D eigenvalue weighted by molar-refractivity contribution is -0.139. The van der Waals surface area contributed by atoms with Crippen LogP contribution >= 0.6 is 11.8 Å². The quantitative estimate of drug-likeness (QED) is 0.466. The van der Waals surface area contributed by atoms with Crippen molar-refractivity contribution in [3.8, 4) is 0 Å². The third-order valence-corrected chi connectivity index (χ3v) is 3.78. The Morgan fingerprint density at radius 1 is 1.26 bits per heavy atom. The predicted octanol–water partition coefficient (Wildman–Crippen LogP) is -0.110. The Hall–Kier alpha value is -1.28. The standard InChI is InChI=1S/C11H20N2O5S/c1-3-6(2)13-9(14)4-8(11(17)18)19-5-7(12)10(15)16/h6-8H,3-5,12H2,1-2H3,(H,13,14)(H,15,16)(H,17,18). The van der Waals surface area contributed by atoms with Crippen LogP contribution in [0.4, 0.5) is 0 Å². The van der Waals surface area contributed by atoms with Crippen LogP contribution < -0.4 is 11.1 Å². The molecule has 19 heavy (non-hydrogen) atoms. The van der Waals surface area contributed by atoms with E-state index in [4.69, 9.17) is 15.9 Å². The van der Waals surface area contributed by atoms with Crippen molar-refractivity contribution in [2.45, 2.75) is 44.0 Å². The average Bonchev–Trinajstić information content (AvgIpc) is 2.32. The first-order valence-electron chi connectivity index (χ1n) is 5.90. The Kier molecular flexibility index (Phi) is 8.17. The van der Waals surface area contributed by atoms with E-state index in [1.807, 2.05) is 13.8 Å². The molecule has 0 fully saturated rings. The van der Waals surface area contributed by atoms with Crippen LogP contribution in [0.15, 0.2) is 0 Å².